The van der Waals surface area contributed by atoms with Crippen molar-refractivity contribution in [2.45, 2.75) is 19.3 Å². The predicted octanol–water partition coefficient (Wildman–Crippen LogP) is 24.8. The minimum absolute atomic E-state index is 0.845. The molecule has 15 heterocycles. The molecule has 0 radical (unpaired) electrons. The molecule has 0 saturated heterocycles. The first-order chi connectivity index (χ1) is 61.1. The normalized spacial score (nSPS) is 12.8. The Morgan fingerprint density at radius 2 is 0.618 bits per heavy atom. The van der Waals surface area contributed by atoms with Gasteiger partial charge in [-0.2, -0.15) is 0 Å². The fourth-order valence-electron chi connectivity index (χ4n) is 21.6. The van der Waals surface area contributed by atoms with Gasteiger partial charge in [0.05, 0.1) is 118 Å². The molecule has 3 aliphatic carbocycles. The van der Waals surface area contributed by atoms with Crippen LogP contribution in [-0.4, -0.2) is 71.8 Å². The van der Waals surface area contributed by atoms with Gasteiger partial charge in [-0.25, -0.2) is 15.0 Å². The molecule has 12 aromatic carbocycles. The Hall–Kier alpha value is -16.7. The maximum Gasteiger partial charge on any atom is 0.146 e. The maximum atomic E-state index is 5.19. The van der Waals surface area contributed by atoms with E-state index in [1.807, 2.05) is 92.2 Å². The van der Waals surface area contributed by atoms with E-state index in [1.54, 1.807) is 0 Å². The second-order valence-corrected chi connectivity index (χ2v) is 32.7. The molecule has 570 valence electrons. The van der Waals surface area contributed by atoms with E-state index in [-0.39, 0.29) is 0 Å². The van der Waals surface area contributed by atoms with Gasteiger partial charge in [0.25, 0.3) is 0 Å². The number of para-hydroxylation sites is 6. The van der Waals surface area contributed by atoms with Crippen molar-refractivity contribution in [2.75, 3.05) is 0 Å². The van der Waals surface area contributed by atoms with Gasteiger partial charge in [0.1, 0.15) is 16.9 Å². The largest absolute Gasteiger partial charge is 0.309 e. The summed E-state index contributed by atoms with van der Waals surface area (Å²) in [6.07, 6.45) is 19.4. The summed E-state index contributed by atoms with van der Waals surface area (Å²) >= 11 is 0. The van der Waals surface area contributed by atoms with E-state index in [2.05, 4.69) is 297 Å². The number of aromatic nitrogens is 15. The fraction of sp³-hybridized carbons (Fsp3) is 0.0278. The summed E-state index contributed by atoms with van der Waals surface area (Å²) in [6, 6.07) is 104. The van der Waals surface area contributed by atoms with Crippen LogP contribution in [0.25, 0.3) is 231 Å². The minimum atomic E-state index is 0.845. The van der Waals surface area contributed by atoms with Gasteiger partial charge in [-0.3, -0.25) is 43.1 Å². The maximum absolute atomic E-state index is 5.19. The van der Waals surface area contributed by atoms with Crippen LogP contribution < -0.4 is 0 Å². The topological polar surface area (TPSA) is 144 Å². The van der Waals surface area contributed by atoms with Crippen molar-refractivity contribution in [3.63, 3.8) is 0 Å². The van der Waals surface area contributed by atoms with Crippen molar-refractivity contribution in [3.05, 3.63) is 380 Å². The molecule has 15 heteroatoms. The first-order valence-electron chi connectivity index (χ1n) is 41.8. The molecule has 0 fully saturated rings. The zero-order valence-electron chi connectivity index (χ0n) is 65.7. The van der Waals surface area contributed by atoms with Crippen molar-refractivity contribution >= 4 is 181 Å². The van der Waals surface area contributed by atoms with Crippen molar-refractivity contribution in [3.8, 4) is 50.4 Å². The van der Waals surface area contributed by atoms with Crippen LogP contribution in [0.15, 0.2) is 347 Å². The molecule has 15 nitrogen and oxygen atoms in total. The molecule has 123 heavy (non-hydrogen) atoms. The van der Waals surface area contributed by atoms with Crippen LogP contribution in [0.2, 0.25) is 0 Å². The number of pyridine rings is 9. The Balaban J connectivity index is 0.0000000946. The van der Waals surface area contributed by atoms with Gasteiger partial charge in [0.2, 0.25) is 0 Å². The zero-order chi connectivity index (χ0) is 80.0. The lowest BCUT2D eigenvalue weighted by atomic mass is 9.98. The van der Waals surface area contributed by atoms with E-state index in [4.69, 9.17) is 29.9 Å². The molecule has 27 aromatic rings. The Morgan fingerprint density at radius 1 is 0.228 bits per heavy atom. The SMILES string of the molecule is c1ccc(-n2c3ccccc3c3c4c(ccc32)-c2ccc3c5ncccc5n5c6cnccc6nc5c3c2C4)cc1.c1ccc(-n2c3ccccc3c3cc4c(cc32)-c2ccc3c5ncccc5n5c6cnccc6nc5c3c2C4)cc1.c1ccc(-n2c3ccccc3c3ccc4c(c32)-c2ccc3c5ncccc5n5c6cnccc6nc5c3c2C4)cc1. The number of hydrogen-bond acceptors (Lipinski definition) is 9. The van der Waals surface area contributed by atoms with E-state index in [9.17, 15) is 0 Å². The summed E-state index contributed by atoms with van der Waals surface area (Å²) in [5.41, 5.74) is 41.6. The quantitative estimate of drug-likeness (QED) is 0.158. The van der Waals surface area contributed by atoms with Gasteiger partial charge < -0.3 is 13.7 Å². The summed E-state index contributed by atoms with van der Waals surface area (Å²) in [4.78, 5) is 43.4. The average molecular weight is 1570 g/mol. The lowest BCUT2D eigenvalue weighted by Crippen LogP contribution is -1.96. The third kappa shape index (κ3) is 9.12. The second kappa shape index (κ2) is 25.0. The van der Waals surface area contributed by atoms with Crippen LogP contribution in [0.4, 0.5) is 0 Å². The molecular formula is C108H63N15. The highest BCUT2D eigenvalue weighted by atomic mass is 15.1. The predicted molar refractivity (Wildman–Crippen MR) is 498 cm³/mol. The molecule has 30 rings (SSSR count). The van der Waals surface area contributed by atoms with Crippen LogP contribution in [-0.2, 0) is 19.3 Å². The lowest BCUT2D eigenvalue weighted by molar-refractivity contribution is 1.18. The zero-order valence-corrected chi connectivity index (χ0v) is 65.7. The van der Waals surface area contributed by atoms with Crippen molar-refractivity contribution < 1.29 is 0 Å². The summed E-state index contributed by atoms with van der Waals surface area (Å²) in [5, 5.41) is 14.7. The standard InChI is InChI=1S/3C36H21N5/c1-2-7-22(8-3-1)40-29-10-5-4-9-23(29)25-13-12-21-19-27-24(32(21)35(25)40)14-15-26-33(27)36-39-28-16-18-37-20-31(28)41(36)30-11-6-17-38-34(26)30;1-2-7-21(8-3-1)40-29-10-5-4-9-24(29)33-26-19-27-22(23(26)14-15-30(33)40)12-13-25-34(27)36-39-28-16-18-37-20-32(28)41(36)31-11-6-17-38-35(25)31;1-2-7-22(8-3-1)40-30-10-5-4-9-24(30)27-17-21-18-28-23(26(21)19-32(27)40)12-13-25-34(28)36-39-29-14-16-37-20-33(29)41(36)31-11-6-15-38-35(25)31/h2*1-18,20H,19H2;1-17,19-20H,18H2. The number of nitrogens with zero attached hydrogens (tertiary/aromatic N) is 15. The van der Waals surface area contributed by atoms with Gasteiger partial charge in [-0.15, -0.1) is 0 Å². The van der Waals surface area contributed by atoms with Gasteiger partial charge in [-0.05, 0) is 201 Å². The average Bonchev–Trinajstić information content (AvgIpc) is 1.55. The van der Waals surface area contributed by atoms with E-state index in [0.717, 1.165) is 119 Å². The van der Waals surface area contributed by atoms with E-state index in [1.165, 1.54) is 165 Å². The number of benzene rings is 12. The highest BCUT2D eigenvalue weighted by Gasteiger charge is 2.33. The molecule has 0 unspecified atom stereocenters. The summed E-state index contributed by atoms with van der Waals surface area (Å²) in [7, 11) is 0. The van der Waals surface area contributed by atoms with Crippen LogP contribution >= 0.6 is 0 Å². The highest BCUT2D eigenvalue weighted by molar-refractivity contribution is 6.23. The minimum Gasteiger partial charge on any atom is -0.309 e. The molecule has 0 spiro atoms. The number of hydrogen-bond donors (Lipinski definition) is 0. The molecule has 0 aliphatic heterocycles. The Bertz CT molecular complexity index is 9380. The van der Waals surface area contributed by atoms with Crippen LogP contribution in [0.3, 0.4) is 0 Å². The molecule has 0 saturated carbocycles. The third-order valence-corrected chi connectivity index (χ3v) is 26.6. The molecule has 0 atom stereocenters. The van der Waals surface area contributed by atoms with E-state index >= 15 is 0 Å². The summed E-state index contributed by atoms with van der Waals surface area (Å²) < 4.78 is 14.0. The molecular weight excluding hydrogens is 1510 g/mol. The monoisotopic (exact) mass is 1570 g/mol. The molecule has 0 bridgehead atoms. The first kappa shape index (κ1) is 66.4. The molecule has 3 aliphatic rings. The second-order valence-electron chi connectivity index (χ2n) is 32.7. The number of imidazole rings is 3. The molecule has 0 amide bonds. The lowest BCUT2D eigenvalue weighted by Gasteiger charge is -2.13. The fourth-order valence-corrected chi connectivity index (χ4v) is 21.6. The Labute approximate surface area is 698 Å². The van der Waals surface area contributed by atoms with E-state index < -0.39 is 0 Å². The van der Waals surface area contributed by atoms with Crippen LogP contribution in [0.5, 0.6) is 0 Å². The van der Waals surface area contributed by atoms with E-state index in [0.29, 0.717) is 0 Å². The van der Waals surface area contributed by atoms with Crippen molar-refractivity contribution in [1.82, 2.24) is 71.8 Å². The van der Waals surface area contributed by atoms with Gasteiger partial charge >= 0.3 is 0 Å². The van der Waals surface area contributed by atoms with Crippen molar-refractivity contribution in [2.24, 2.45) is 0 Å². The summed E-state index contributed by atoms with van der Waals surface area (Å²) in [5.74, 6) is 0. The van der Waals surface area contributed by atoms with Crippen LogP contribution in [0.1, 0.15) is 33.4 Å². The van der Waals surface area contributed by atoms with Crippen molar-refractivity contribution in [1.29, 1.82) is 0 Å². The number of fused-ring (bicyclic) bond motifs is 47. The molecule has 15 aromatic heterocycles. The van der Waals surface area contributed by atoms with Gasteiger partial charge in [0, 0.05) is 131 Å². The third-order valence-electron chi connectivity index (χ3n) is 26.6. The molecule has 0 N–H and O–H groups in total. The van der Waals surface area contributed by atoms with Crippen LogP contribution in [0, 0.1) is 0 Å². The Morgan fingerprint density at radius 3 is 1.15 bits per heavy atom. The summed E-state index contributed by atoms with van der Waals surface area (Å²) in [6.45, 7) is 0. The first-order valence-corrected chi connectivity index (χ1v) is 41.8. The Kier molecular flexibility index (Phi) is 13.5. The smallest absolute Gasteiger partial charge is 0.146 e. The number of rotatable bonds is 3. The van der Waals surface area contributed by atoms with Gasteiger partial charge in [-0.1, -0.05) is 164 Å². The van der Waals surface area contributed by atoms with Gasteiger partial charge in [0.15, 0.2) is 0 Å². The highest BCUT2D eigenvalue weighted by Crippen LogP contribution is 2.53.